The summed E-state index contributed by atoms with van der Waals surface area (Å²) in [4.78, 5) is 16.6. The molecule has 0 radical (unpaired) electrons. The van der Waals surface area contributed by atoms with Crippen LogP contribution < -0.4 is 4.74 Å². The average molecular weight is 395 g/mol. The number of hydrogen-bond acceptors (Lipinski definition) is 3. The van der Waals surface area contributed by atoms with Crippen molar-refractivity contribution in [2.24, 2.45) is 0 Å². The highest BCUT2D eigenvalue weighted by molar-refractivity contribution is 6.30. The first kappa shape index (κ1) is 20.6. The number of piperazine rings is 1. The number of ether oxygens (including phenoxy) is 1. The molecule has 0 atom stereocenters. The lowest BCUT2D eigenvalue weighted by Crippen LogP contribution is -2.49. The Kier molecular flexibility index (Phi) is 7.76. The molecule has 1 saturated heterocycles. The van der Waals surface area contributed by atoms with Gasteiger partial charge in [-0.3, -0.25) is 9.69 Å². The Hall–Kier alpha value is -1.75. The molecule has 0 spiro atoms. The van der Waals surface area contributed by atoms with Crippen LogP contribution in [-0.2, 0) is 11.3 Å². The minimum atomic E-state index is 0. The summed E-state index contributed by atoms with van der Waals surface area (Å²) in [5.74, 6) is 0.826. The first-order valence-corrected chi connectivity index (χ1v) is 8.92. The fourth-order valence-electron chi connectivity index (χ4n) is 2.95. The summed E-state index contributed by atoms with van der Waals surface area (Å²) in [7, 11) is 0. The molecule has 140 valence electrons. The Bertz CT molecular complexity index is 714. The normalized spacial score (nSPS) is 14.6. The van der Waals surface area contributed by atoms with Crippen LogP contribution in [0, 0.1) is 6.92 Å². The van der Waals surface area contributed by atoms with Crippen LogP contribution in [-0.4, -0.2) is 48.5 Å². The van der Waals surface area contributed by atoms with Crippen molar-refractivity contribution < 1.29 is 9.53 Å². The van der Waals surface area contributed by atoms with Crippen LogP contribution in [0.15, 0.2) is 48.5 Å². The average Bonchev–Trinajstić information content (AvgIpc) is 2.63. The summed E-state index contributed by atoms with van der Waals surface area (Å²) < 4.78 is 5.67. The number of carbonyl (C=O) groups excluding carboxylic acids is 1. The Balaban J connectivity index is 0.00000243. The van der Waals surface area contributed by atoms with Gasteiger partial charge in [0.15, 0.2) is 6.61 Å². The second-order valence-electron chi connectivity index (χ2n) is 6.34. The third-order valence-electron chi connectivity index (χ3n) is 4.49. The Morgan fingerprint density at radius 3 is 2.35 bits per heavy atom. The van der Waals surface area contributed by atoms with Crippen molar-refractivity contribution in [3.63, 3.8) is 0 Å². The van der Waals surface area contributed by atoms with Gasteiger partial charge in [-0.05, 0) is 36.2 Å². The topological polar surface area (TPSA) is 32.8 Å². The number of amides is 1. The van der Waals surface area contributed by atoms with Crippen molar-refractivity contribution in [3.05, 3.63) is 64.7 Å². The highest BCUT2D eigenvalue weighted by Crippen LogP contribution is 2.17. The van der Waals surface area contributed by atoms with Gasteiger partial charge in [-0.15, -0.1) is 12.4 Å². The zero-order valence-electron chi connectivity index (χ0n) is 14.9. The Labute approximate surface area is 166 Å². The predicted octanol–water partition coefficient (Wildman–Crippen LogP) is 3.79. The fraction of sp³-hybridized carbons (Fsp3) is 0.350. The zero-order chi connectivity index (χ0) is 17.6. The summed E-state index contributed by atoms with van der Waals surface area (Å²) in [5, 5.41) is 0.757. The van der Waals surface area contributed by atoms with E-state index in [4.69, 9.17) is 16.3 Å². The smallest absolute Gasteiger partial charge is 0.260 e. The molecule has 1 fully saturated rings. The number of rotatable bonds is 5. The molecule has 0 unspecified atom stereocenters. The van der Waals surface area contributed by atoms with Crippen molar-refractivity contribution in [2.45, 2.75) is 13.5 Å². The molecular formula is C20H24Cl2N2O2. The summed E-state index contributed by atoms with van der Waals surface area (Å²) in [5.41, 5.74) is 2.29. The number of halogens is 2. The van der Waals surface area contributed by atoms with Crippen LogP contribution in [0.25, 0.3) is 0 Å². The summed E-state index contributed by atoms with van der Waals surface area (Å²) in [6.45, 7) is 6.20. The van der Waals surface area contributed by atoms with Gasteiger partial charge in [0.1, 0.15) is 5.75 Å². The lowest BCUT2D eigenvalue weighted by molar-refractivity contribution is -0.135. The molecule has 0 aromatic heterocycles. The zero-order valence-corrected chi connectivity index (χ0v) is 16.4. The number of para-hydroxylation sites is 1. The Morgan fingerprint density at radius 2 is 1.69 bits per heavy atom. The monoisotopic (exact) mass is 394 g/mol. The fourth-order valence-corrected chi connectivity index (χ4v) is 3.08. The van der Waals surface area contributed by atoms with Gasteiger partial charge < -0.3 is 9.64 Å². The van der Waals surface area contributed by atoms with Crippen molar-refractivity contribution in [2.75, 3.05) is 32.8 Å². The molecule has 0 saturated carbocycles. The van der Waals surface area contributed by atoms with Crippen LogP contribution >= 0.6 is 24.0 Å². The quantitative estimate of drug-likeness (QED) is 0.772. The Morgan fingerprint density at radius 1 is 1.04 bits per heavy atom. The largest absolute Gasteiger partial charge is 0.484 e. The van der Waals surface area contributed by atoms with Crippen LogP contribution in [0.2, 0.25) is 5.02 Å². The summed E-state index contributed by atoms with van der Waals surface area (Å²) in [6.07, 6.45) is 0. The molecule has 2 aromatic carbocycles. The third kappa shape index (κ3) is 5.63. The molecule has 4 nitrogen and oxygen atoms in total. The van der Waals surface area contributed by atoms with E-state index in [9.17, 15) is 4.79 Å². The second kappa shape index (κ2) is 9.81. The van der Waals surface area contributed by atoms with E-state index in [-0.39, 0.29) is 24.9 Å². The highest BCUT2D eigenvalue weighted by atomic mass is 35.5. The maximum absolute atomic E-state index is 12.4. The van der Waals surface area contributed by atoms with E-state index in [0.29, 0.717) is 0 Å². The van der Waals surface area contributed by atoms with Crippen molar-refractivity contribution in [1.82, 2.24) is 9.80 Å². The van der Waals surface area contributed by atoms with Gasteiger partial charge in [0.25, 0.3) is 5.91 Å². The van der Waals surface area contributed by atoms with E-state index in [2.05, 4.69) is 17.0 Å². The van der Waals surface area contributed by atoms with E-state index < -0.39 is 0 Å². The van der Waals surface area contributed by atoms with E-state index in [1.54, 1.807) is 0 Å². The molecule has 1 aliphatic heterocycles. The minimum Gasteiger partial charge on any atom is -0.484 e. The number of carbonyl (C=O) groups is 1. The van der Waals surface area contributed by atoms with Gasteiger partial charge in [0.2, 0.25) is 0 Å². The first-order chi connectivity index (χ1) is 12.1. The van der Waals surface area contributed by atoms with Crippen LogP contribution in [0.4, 0.5) is 0 Å². The molecule has 2 aromatic rings. The molecular weight excluding hydrogens is 371 g/mol. The van der Waals surface area contributed by atoms with Gasteiger partial charge in [-0.2, -0.15) is 0 Å². The van der Waals surface area contributed by atoms with E-state index in [1.165, 1.54) is 5.56 Å². The van der Waals surface area contributed by atoms with Crippen LogP contribution in [0.3, 0.4) is 0 Å². The molecule has 0 bridgehead atoms. The highest BCUT2D eigenvalue weighted by Gasteiger charge is 2.21. The van der Waals surface area contributed by atoms with E-state index >= 15 is 0 Å². The lowest BCUT2D eigenvalue weighted by atomic mass is 10.2. The molecule has 3 rings (SSSR count). The standard InChI is InChI=1S/C20H23ClN2O2.ClH/c1-16-4-2-3-5-19(16)25-15-20(24)23-12-10-22(11-13-23)14-17-6-8-18(21)9-7-17;/h2-9H,10-15H2,1H3;1H. The van der Waals surface area contributed by atoms with Gasteiger partial charge in [-0.25, -0.2) is 0 Å². The molecule has 1 amide bonds. The maximum Gasteiger partial charge on any atom is 0.260 e. The SMILES string of the molecule is Cc1ccccc1OCC(=O)N1CCN(Cc2ccc(Cl)cc2)CC1.Cl. The van der Waals surface area contributed by atoms with Crippen LogP contribution in [0.1, 0.15) is 11.1 Å². The molecule has 0 N–H and O–H groups in total. The van der Waals surface area contributed by atoms with E-state index in [0.717, 1.165) is 49.1 Å². The lowest BCUT2D eigenvalue weighted by Gasteiger charge is -2.34. The van der Waals surface area contributed by atoms with Gasteiger partial charge >= 0.3 is 0 Å². The first-order valence-electron chi connectivity index (χ1n) is 8.55. The molecule has 6 heteroatoms. The molecule has 1 aliphatic rings. The third-order valence-corrected chi connectivity index (χ3v) is 4.74. The van der Waals surface area contributed by atoms with Gasteiger partial charge in [-0.1, -0.05) is 41.9 Å². The van der Waals surface area contributed by atoms with Gasteiger partial charge in [0.05, 0.1) is 0 Å². The number of nitrogens with zero attached hydrogens (tertiary/aromatic N) is 2. The van der Waals surface area contributed by atoms with Gasteiger partial charge in [0, 0.05) is 37.7 Å². The summed E-state index contributed by atoms with van der Waals surface area (Å²) >= 11 is 5.92. The minimum absolute atomic E-state index is 0. The number of benzene rings is 2. The van der Waals surface area contributed by atoms with Crippen molar-refractivity contribution in [3.8, 4) is 5.75 Å². The van der Waals surface area contributed by atoms with E-state index in [1.807, 2.05) is 48.2 Å². The second-order valence-corrected chi connectivity index (χ2v) is 6.77. The predicted molar refractivity (Wildman–Crippen MR) is 107 cm³/mol. The van der Waals surface area contributed by atoms with Crippen molar-refractivity contribution >= 4 is 29.9 Å². The molecule has 26 heavy (non-hydrogen) atoms. The van der Waals surface area contributed by atoms with Crippen molar-refractivity contribution in [1.29, 1.82) is 0 Å². The maximum atomic E-state index is 12.4. The van der Waals surface area contributed by atoms with Crippen LogP contribution in [0.5, 0.6) is 5.75 Å². The molecule has 0 aliphatic carbocycles. The number of aryl methyl sites for hydroxylation is 1. The molecule has 1 heterocycles. The summed E-state index contributed by atoms with van der Waals surface area (Å²) in [6, 6.07) is 15.7. The number of hydrogen-bond donors (Lipinski definition) is 0.